The van der Waals surface area contributed by atoms with Crippen LogP contribution in [0.15, 0.2) is 0 Å². The third-order valence-electron chi connectivity index (χ3n) is 3.11. The molecule has 1 atom stereocenters. The molecule has 2 rings (SSSR count). The van der Waals surface area contributed by atoms with Crippen molar-refractivity contribution < 1.29 is 4.79 Å². The van der Waals surface area contributed by atoms with Gasteiger partial charge in [0.25, 0.3) is 0 Å². The van der Waals surface area contributed by atoms with Gasteiger partial charge in [0.1, 0.15) is 0 Å². The van der Waals surface area contributed by atoms with E-state index in [4.69, 9.17) is 0 Å². The summed E-state index contributed by atoms with van der Waals surface area (Å²) in [7, 11) is 0. The Labute approximate surface area is 79.5 Å². The highest BCUT2D eigenvalue weighted by atomic mass is 16.1. The highest BCUT2D eigenvalue weighted by Crippen LogP contribution is 2.16. The Morgan fingerprint density at radius 1 is 1.38 bits per heavy atom. The van der Waals surface area contributed by atoms with Crippen molar-refractivity contribution in [3.63, 3.8) is 0 Å². The van der Waals surface area contributed by atoms with E-state index in [1.165, 1.54) is 38.9 Å². The van der Waals surface area contributed by atoms with Gasteiger partial charge in [0.2, 0.25) is 5.91 Å². The summed E-state index contributed by atoms with van der Waals surface area (Å²) in [5.74, 6) is 0.847. The third kappa shape index (κ3) is 2.44. The summed E-state index contributed by atoms with van der Waals surface area (Å²) >= 11 is 0. The van der Waals surface area contributed by atoms with E-state index in [9.17, 15) is 4.79 Å². The molecule has 2 aliphatic heterocycles. The number of rotatable bonds is 3. The fourth-order valence-corrected chi connectivity index (χ4v) is 2.24. The summed E-state index contributed by atoms with van der Waals surface area (Å²) in [6.45, 7) is 4.65. The van der Waals surface area contributed by atoms with Gasteiger partial charge in [0.05, 0.1) is 0 Å². The second kappa shape index (κ2) is 4.09. The monoisotopic (exact) mass is 182 g/mol. The van der Waals surface area contributed by atoms with Crippen LogP contribution >= 0.6 is 0 Å². The first kappa shape index (κ1) is 9.00. The highest BCUT2D eigenvalue weighted by Gasteiger charge is 2.22. The number of carbonyl (C=O) groups is 1. The minimum absolute atomic E-state index is 0.242. The minimum Gasteiger partial charge on any atom is -0.356 e. The molecule has 2 heterocycles. The van der Waals surface area contributed by atoms with E-state index >= 15 is 0 Å². The largest absolute Gasteiger partial charge is 0.356 e. The number of hydrogen-bond acceptors (Lipinski definition) is 2. The number of nitrogens with zero attached hydrogens (tertiary/aromatic N) is 1. The zero-order valence-electron chi connectivity index (χ0n) is 8.09. The number of amides is 1. The molecular weight excluding hydrogens is 164 g/mol. The van der Waals surface area contributed by atoms with Gasteiger partial charge in [-0.25, -0.2) is 0 Å². The van der Waals surface area contributed by atoms with Crippen molar-refractivity contribution in [2.45, 2.75) is 25.7 Å². The van der Waals surface area contributed by atoms with E-state index in [0.29, 0.717) is 5.92 Å². The van der Waals surface area contributed by atoms with Gasteiger partial charge in [-0.2, -0.15) is 0 Å². The van der Waals surface area contributed by atoms with Crippen LogP contribution in [-0.2, 0) is 4.79 Å². The third-order valence-corrected chi connectivity index (χ3v) is 3.11. The Hall–Kier alpha value is -0.570. The van der Waals surface area contributed by atoms with E-state index in [-0.39, 0.29) is 5.91 Å². The number of likely N-dealkylation sites (tertiary alicyclic amines) is 1. The molecule has 2 saturated heterocycles. The summed E-state index contributed by atoms with van der Waals surface area (Å²) in [6, 6.07) is 0. The summed E-state index contributed by atoms with van der Waals surface area (Å²) < 4.78 is 0. The van der Waals surface area contributed by atoms with Crippen molar-refractivity contribution in [2.24, 2.45) is 5.92 Å². The first-order valence-electron chi connectivity index (χ1n) is 5.33. The van der Waals surface area contributed by atoms with Gasteiger partial charge in [0.15, 0.2) is 0 Å². The molecule has 2 aliphatic rings. The molecule has 0 aromatic carbocycles. The molecule has 0 bridgehead atoms. The first-order chi connectivity index (χ1) is 6.34. The van der Waals surface area contributed by atoms with Gasteiger partial charge in [-0.1, -0.05) is 0 Å². The van der Waals surface area contributed by atoms with Crippen LogP contribution in [0, 0.1) is 5.92 Å². The standard InChI is InChI=1S/C10H18N2O/c13-10-7-9(8-11-10)3-6-12-4-1-2-5-12/h9H,1-8H2,(H,11,13). The molecule has 13 heavy (non-hydrogen) atoms. The average Bonchev–Trinajstić information content (AvgIpc) is 2.71. The lowest BCUT2D eigenvalue weighted by molar-refractivity contribution is -0.119. The lowest BCUT2D eigenvalue weighted by Crippen LogP contribution is -2.23. The molecule has 1 unspecified atom stereocenters. The molecule has 74 valence electrons. The van der Waals surface area contributed by atoms with Crippen LogP contribution in [0.4, 0.5) is 0 Å². The molecule has 0 radical (unpaired) electrons. The van der Waals surface area contributed by atoms with Crippen LogP contribution in [0.1, 0.15) is 25.7 Å². The Kier molecular flexibility index (Phi) is 2.83. The summed E-state index contributed by atoms with van der Waals surface area (Å²) in [4.78, 5) is 13.4. The summed E-state index contributed by atoms with van der Waals surface area (Å²) in [6.07, 6.45) is 4.68. The van der Waals surface area contributed by atoms with Crippen molar-refractivity contribution in [3.8, 4) is 0 Å². The lowest BCUT2D eigenvalue weighted by Gasteiger charge is -2.16. The normalized spacial score (nSPS) is 29.5. The van der Waals surface area contributed by atoms with E-state index in [2.05, 4.69) is 10.2 Å². The number of hydrogen-bond donors (Lipinski definition) is 1. The second-order valence-electron chi connectivity index (χ2n) is 4.21. The van der Waals surface area contributed by atoms with Crippen LogP contribution < -0.4 is 5.32 Å². The van der Waals surface area contributed by atoms with E-state index in [1.807, 2.05) is 0 Å². The SMILES string of the molecule is O=C1CC(CCN2CCCC2)CN1. The maximum atomic E-state index is 10.9. The molecule has 0 aliphatic carbocycles. The van der Waals surface area contributed by atoms with Crippen LogP contribution in [0.2, 0.25) is 0 Å². The molecule has 3 heteroatoms. The van der Waals surface area contributed by atoms with Crippen LogP contribution in [-0.4, -0.2) is 37.0 Å². The molecule has 0 saturated carbocycles. The molecule has 1 amide bonds. The van der Waals surface area contributed by atoms with E-state index < -0.39 is 0 Å². The number of nitrogens with one attached hydrogen (secondary N) is 1. The second-order valence-corrected chi connectivity index (χ2v) is 4.21. The Balaban J connectivity index is 1.64. The Bertz CT molecular complexity index is 187. The molecule has 0 aromatic heterocycles. The maximum absolute atomic E-state index is 10.9. The zero-order valence-corrected chi connectivity index (χ0v) is 8.09. The highest BCUT2D eigenvalue weighted by molar-refractivity contribution is 5.78. The molecule has 0 aromatic rings. The molecular formula is C10H18N2O. The van der Waals surface area contributed by atoms with Crippen LogP contribution in [0.25, 0.3) is 0 Å². The van der Waals surface area contributed by atoms with Crippen LogP contribution in [0.5, 0.6) is 0 Å². The van der Waals surface area contributed by atoms with Crippen molar-refractivity contribution in [2.75, 3.05) is 26.2 Å². The molecule has 2 fully saturated rings. The fraction of sp³-hybridized carbons (Fsp3) is 0.900. The van der Waals surface area contributed by atoms with Gasteiger partial charge in [0, 0.05) is 13.0 Å². The topological polar surface area (TPSA) is 32.3 Å². The predicted octanol–water partition coefficient (Wildman–Crippen LogP) is 0.608. The van der Waals surface area contributed by atoms with Crippen molar-refractivity contribution in [3.05, 3.63) is 0 Å². The summed E-state index contributed by atoms with van der Waals surface area (Å²) in [5.41, 5.74) is 0. The predicted molar refractivity (Wildman–Crippen MR) is 51.4 cm³/mol. The van der Waals surface area contributed by atoms with Crippen LogP contribution in [0.3, 0.4) is 0 Å². The van der Waals surface area contributed by atoms with E-state index in [1.54, 1.807) is 0 Å². The van der Waals surface area contributed by atoms with Gasteiger partial charge >= 0.3 is 0 Å². The van der Waals surface area contributed by atoms with E-state index in [0.717, 1.165) is 13.0 Å². The average molecular weight is 182 g/mol. The van der Waals surface area contributed by atoms with Gasteiger partial charge in [-0.15, -0.1) is 0 Å². The quantitative estimate of drug-likeness (QED) is 0.693. The molecule has 3 nitrogen and oxygen atoms in total. The summed E-state index contributed by atoms with van der Waals surface area (Å²) in [5, 5.41) is 2.89. The van der Waals surface area contributed by atoms with Gasteiger partial charge < -0.3 is 10.2 Å². The molecule has 0 spiro atoms. The van der Waals surface area contributed by atoms with Crippen molar-refractivity contribution in [1.82, 2.24) is 10.2 Å². The van der Waals surface area contributed by atoms with Gasteiger partial charge in [-0.05, 0) is 44.8 Å². The Morgan fingerprint density at radius 2 is 2.15 bits per heavy atom. The maximum Gasteiger partial charge on any atom is 0.220 e. The van der Waals surface area contributed by atoms with Crippen molar-refractivity contribution >= 4 is 5.91 Å². The smallest absolute Gasteiger partial charge is 0.220 e. The first-order valence-corrected chi connectivity index (χ1v) is 5.33. The fourth-order valence-electron chi connectivity index (χ4n) is 2.24. The zero-order chi connectivity index (χ0) is 9.10. The Morgan fingerprint density at radius 3 is 2.77 bits per heavy atom. The van der Waals surface area contributed by atoms with Crippen molar-refractivity contribution in [1.29, 1.82) is 0 Å². The van der Waals surface area contributed by atoms with Gasteiger partial charge in [-0.3, -0.25) is 4.79 Å². The minimum atomic E-state index is 0.242. The lowest BCUT2D eigenvalue weighted by atomic mass is 10.0. The number of carbonyl (C=O) groups excluding carboxylic acids is 1. The molecule has 1 N–H and O–H groups in total.